The van der Waals surface area contributed by atoms with Gasteiger partial charge in [0.05, 0.1) is 11.1 Å². The molecule has 0 amide bonds. The van der Waals surface area contributed by atoms with Crippen LogP contribution in [0.15, 0.2) is 54.6 Å². The van der Waals surface area contributed by atoms with Crippen molar-refractivity contribution in [1.82, 2.24) is 0 Å². The van der Waals surface area contributed by atoms with E-state index in [-0.39, 0.29) is 22.9 Å². The van der Waals surface area contributed by atoms with E-state index in [9.17, 15) is 35.1 Å². The third-order valence-electron chi connectivity index (χ3n) is 5.72. The van der Waals surface area contributed by atoms with Gasteiger partial charge in [-0.3, -0.25) is 0 Å². The predicted octanol–water partition coefficient (Wildman–Crippen LogP) is 8.58. The number of halogens is 9. The van der Waals surface area contributed by atoms with Crippen LogP contribution < -0.4 is 0 Å². The third-order valence-corrected chi connectivity index (χ3v) is 5.72. The Morgan fingerprint density at radius 3 is 1.23 bits per heavy atom. The van der Waals surface area contributed by atoms with Gasteiger partial charge in [-0.2, -0.15) is 0 Å². The van der Waals surface area contributed by atoms with Crippen molar-refractivity contribution in [3.63, 3.8) is 0 Å². The van der Waals surface area contributed by atoms with Crippen molar-refractivity contribution in [2.45, 2.75) is 0 Å². The lowest BCUT2D eigenvalue weighted by Gasteiger charge is -2.19. The molecule has 0 spiro atoms. The number of rotatable bonds is 2. The molecule has 5 aromatic rings. The molecular formula is C26H9F9. The van der Waals surface area contributed by atoms with E-state index in [2.05, 4.69) is 0 Å². The Balaban J connectivity index is 2.12. The standard InChI is InChI=1S/C26H9F9/c27-13-7-3-6-12-18(21-23(32)14(28)8-15(29)24(21)33)10-4-1-2-5-11(10)20(19(12)13)22-25(34)16(30)9-17(31)26(22)35/h1-9H. The highest BCUT2D eigenvalue weighted by atomic mass is 19.2. The van der Waals surface area contributed by atoms with E-state index in [0.717, 1.165) is 24.3 Å². The zero-order chi connectivity index (χ0) is 25.2. The smallest absolute Gasteiger partial charge is 0.169 e. The van der Waals surface area contributed by atoms with Gasteiger partial charge in [-0.05, 0) is 22.2 Å². The average molecular weight is 492 g/mol. The molecule has 0 radical (unpaired) electrons. The summed E-state index contributed by atoms with van der Waals surface area (Å²) >= 11 is 0. The van der Waals surface area contributed by atoms with E-state index in [1.54, 1.807) is 0 Å². The molecule has 5 aromatic carbocycles. The summed E-state index contributed by atoms with van der Waals surface area (Å²) in [5.74, 6) is -15.4. The molecule has 176 valence electrons. The normalized spacial score (nSPS) is 11.6. The van der Waals surface area contributed by atoms with Crippen LogP contribution in [0.1, 0.15) is 0 Å². The topological polar surface area (TPSA) is 0 Å². The molecule has 5 rings (SSSR count). The zero-order valence-corrected chi connectivity index (χ0v) is 17.1. The summed E-state index contributed by atoms with van der Waals surface area (Å²) in [7, 11) is 0. The lowest BCUT2D eigenvalue weighted by atomic mass is 9.85. The minimum absolute atomic E-state index is 0.00617. The SMILES string of the molecule is Fc1cc(F)c(F)c(-c2c3ccccc3c(-c3c(F)c(F)cc(F)c3F)c3c(F)cccc23)c1F. The molecule has 0 nitrogen and oxygen atoms in total. The van der Waals surface area contributed by atoms with Crippen LogP contribution in [-0.2, 0) is 0 Å². The van der Waals surface area contributed by atoms with Crippen molar-refractivity contribution in [1.29, 1.82) is 0 Å². The van der Waals surface area contributed by atoms with E-state index in [1.807, 2.05) is 0 Å². The van der Waals surface area contributed by atoms with Crippen LogP contribution in [0, 0.1) is 52.4 Å². The molecular weight excluding hydrogens is 483 g/mol. The monoisotopic (exact) mass is 492 g/mol. The van der Waals surface area contributed by atoms with Crippen molar-refractivity contribution < 1.29 is 39.5 Å². The quantitative estimate of drug-likeness (QED) is 0.132. The molecule has 0 N–H and O–H groups in total. The highest BCUT2D eigenvalue weighted by molar-refractivity contribution is 6.21. The Bertz CT molecular complexity index is 1640. The summed E-state index contributed by atoms with van der Waals surface area (Å²) in [5, 5.41) is -1.59. The van der Waals surface area contributed by atoms with Crippen LogP contribution in [0.4, 0.5) is 39.5 Å². The molecule has 0 saturated heterocycles. The molecule has 0 atom stereocenters. The van der Waals surface area contributed by atoms with Crippen molar-refractivity contribution in [3.8, 4) is 22.3 Å². The predicted molar refractivity (Wildman–Crippen MR) is 112 cm³/mol. The maximum absolute atomic E-state index is 15.2. The Hall–Kier alpha value is -4.01. The molecule has 0 saturated carbocycles. The lowest BCUT2D eigenvalue weighted by Crippen LogP contribution is -2.03. The molecule has 0 heterocycles. The first kappa shape index (κ1) is 22.8. The fraction of sp³-hybridized carbons (Fsp3) is 0. The molecule has 0 unspecified atom stereocenters. The van der Waals surface area contributed by atoms with E-state index in [0.29, 0.717) is 0 Å². The number of benzene rings is 5. The van der Waals surface area contributed by atoms with E-state index in [4.69, 9.17) is 0 Å². The fourth-order valence-electron chi connectivity index (χ4n) is 4.30. The molecule has 9 heteroatoms. The molecule has 0 aliphatic carbocycles. The van der Waals surface area contributed by atoms with Crippen LogP contribution in [0.2, 0.25) is 0 Å². The molecule has 35 heavy (non-hydrogen) atoms. The molecule has 0 fully saturated rings. The summed E-state index contributed by atoms with van der Waals surface area (Å²) in [5.41, 5.74) is -3.62. The number of hydrogen-bond acceptors (Lipinski definition) is 0. The Kier molecular flexibility index (Phi) is 5.23. The second kappa shape index (κ2) is 8.04. The summed E-state index contributed by atoms with van der Waals surface area (Å²) in [6.45, 7) is 0. The van der Waals surface area contributed by atoms with Crippen LogP contribution >= 0.6 is 0 Å². The van der Waals surface area contributed by atoms with Gasteiger partial charge in [0, 0.05) is 28.6 Å². The van der Waals surface area contributed by atoms with Gasteiger partial charge in [0.15, 0.2) is 46.5 Å². The fourth-order valence-corrected chi connectivity index (χ4v) is 4.30. The van der Waals surface area contributed by atoms with Gasteiger partial charge in [-0.15, -0.1) is 0 Å². The van der Waals surface area contributed by atoms with Crippen LogP contribution in [0.5, 0.6) is 0 Å². The second-order valence-electron chi connectivity index (χ2n) is 7.64. The average Bonchev–Trinajstić information content (AvgIpc) is 2.83. The maximum atomic E-state index is 15.2. The van der Waals surface area contributed by atoms with Crippen LogP contribution in [0.25, 0.3) is 43.8 Å². The third kappa shape index (κ3) is 3.25. The van der Waals surface area contributed by atoms with Crippen LogP contribution in [0.3, 0.4) is 0 Å². The first-order valence-corrected chi connectivity index (χ1v) is 9.93. The first-order chi connectivity index (χ1) is 16.6. The Morgan fingerprint density at radius 2 is 0.743 bits per heavy atom. The van der Waals surface area contributed by atoms with Crippen molar-refractivity contribution in [2.24, 2.45) is 0 Å². The van der Waals surface area contributed by atoms with Gasteiger partial charge >= 0.3 is 0 Å². The van der Waals surface area contributed by atoms with Gasteiger partial charge in [0.1, 0.15) is 5.82 Å². The molecule has 0 aliphatic rings. The highest BCUT2D eigenvalue weighted by Gasteiger charge is 2.29. The van der Waals surface area contributed by atoms with Crippen molar-refractivity contribution >= 4 is 21.5 Å². The van der Waals surface area contributed by atoms with Gasteiger partial charge in [-0.1, -0.05) is 36.4 Å². The molecule has 0 aromatic heterocycles. The second-order valence-corrected chi connectivity index (χ2v) is 7.64. The van der Waals surface area contributed by atoms with E-state index < -0.39 is 85.4 Å². The van der Waals surface area contributed by atoms with E-state index >= 15 is 4.39 Å². The summed E-state index contributed by atoms with van der Waals surface area (Å²) in [6, 6.07) is 8.00. The number of fused-ring (bicyclic) bond motifs is 2. The van der Waals surface area contributed by atoms with Gasteiger partial charge in [0.2, 0.25) is 0 Å². The van der Waals surface area contributed by atoms with Gasteiger partial charge in [0.25, 0.3) is 0 Å². The van der Waals surface area contributed by atoms with Gasteiger partial charge in [-0.25, -0.2) is 39.5 Å². The minimum Gasteiger partial charge on any atom is -0.206 e. The summed E-state index contributed by atoms with van der Waals surface area (Å²) < 4.78 is 131. The largest absolute Gasteiger partial charge is 0.206 e. The number of hydrogen-bond donors (Lipinski definition) is 0. The van der Waals surface area contributed by atoms with Gasteiger partial charge < -0.3 is 0 Å². The van der Waals surface area contributed by atoms with E-state index in [1.165, 1.54) is 18.2 Å². The highest BCUT2D eigenvalue weighted by Crippen LogP contribution is 2.47. The zero-order valence-electron chi connectivity index (χ0n) is 17.1. The van der Waals surface area contributed by atoms with Crippen LogP contribution in [-0.4, -0.2) is 0 Å². The molecule has 0 aliphatic heterocycles. The summed E-state index contributed by atoms with van der Waals surface area (Å²) in [6.07, 6.45) is 0. The first-order valence-electron chi connectivity index (χ1n) is 9.93. The van der Waals surface area contributed by atoms with Crippen molar-refractivity contribution in [2.75, 3.05) is 0 Å². The van der Waals surface area contributed by atoms with Crippen molar-refractivity contribution in [3.05, 3.63) is 107 Å². The Morgan fingerprint density at radius 1 is 0.343 bits per heavy atom. The maximum Gasteiger partial charge on any atom is 0.169 e. The summed E-state index contributed by atoms with van der Waals surface area (Å²) in [4.78, 5) is 0. The molecule has 0 bridgehead atoms. The lowest BCUT2D eigenvalue weighted by molar-refractivity contribution is 0.458. The Labute approximate surface area is 190 Å². The minimum atomic E-state index is -1.83.